The third-order valence-electron chi connectivity index (χ3n) is 5.61. The van der Waals surface area contributed by atoms with Crippen LogP contribution >= 0.6 is 11.6 Å². The fourth-order valence-electron chi connectivity index (χ4n) is 3.85. The summed E-state index contributed by atoms with van der Waals surface area (Å²) in [5, 5.41) is 5.71. The number of hydrogen-bond acceptors (Lipinski definition) is 5. The van der Waals surface area contributed by atoms with E-state index in [1.807, 2.05) is 13.0 Å². The fraction of sp³-hybridized carbons (Fsp3) is 0.360. The van der Waals surface area contributed by atoms with Crippen molar-refractivity contribution in [2.24, 2.45) is 12.5 Å². The first kappa shape index (κ1) is 26.9. The zero-order chi connectivity index (χ0) is 26.6. The molecule has 192 valence electrons. The number of pyridine rings is 1. The number of amides is 2. The summed E-state index contributed by atoms with van der Waals surface area (Å²) in [5.41, 5.74) is 0.540. The first-order valence-electron chi connectivity index (χ1n) is 11.2. The van der Waals surface area contributed by atoms with Crippen molar-refractivity contribution in [3.05, 3.63) is 63.2 Å². The maximum Gasteiger partial charge on any atom is 0.296 e. The van der Waals surface area contributed by atoms with Gasteiger partial charge in [0, 0.05) is 30.6 Å². The number of aromatic nitrogens is 3. The van der Waals surface area contributed by atoms with E-state index in [0.717, 1.165) is 5.69 Å². The van der Waals surface area contributed by atoms with Crippen molar-refractivity contribution in [3.63, 3.8) is 0 Å². The molecular weight excluding hydrogens is 489 g/mol. The average Bonchev–Trinajstić information content (AvgIpc) is 2.98. The highest BCUT2D eigenvalue weighted by molar-refractivity contribution is 6.31. The molecule has 0 spiro atoms. The van der Waals surface area contributed by atoms with Crippen LogP contribution in [0, 0.1) is 19.3 Å². The van der Waals surface area contributed by atoms with Crippen LogP contribution < -0.4 is 20.9 Å². The maximum atomic E-state index is 13.1. The number of alkyl halides is 1. The second-order valence-corrected chi connectivity index (χ2v) is 9.68. The largest absolute Gasteiger partial charge is 0.461 e. The molecule has 1 aromatic carbocycles. The summed E-state index contributed by atoms with van der Waals surface area (Å²) >= 11 is 5.98. The van der Waals surface area contributed by atoms with Crippen molar-refractivity contribution in [2.45, 2.75) is 40.5 Å². The molecule has 2 amide bonds. The third kappa shape index (κ3) is 6.31. The number of anilines is 2. The Labute approximate surface area is 213 Å². The molecule has 0 aliphatic heterocycles. The van der Waals surface area contributed by atoms with Crippen molar-refractivity contribution in [1.29, 1.82) is 0 Å². The summed E-state index contributed by atoms with van der Waals surface area (Å²) in [4.78, 5) is 43.0. The van der Waals surface area contributed by atoms with Crippen LogP contribution in [-0.2, 0) is 16.6 Å². The number of rotatable bonds is 9. The Morgan fingerprint density at radius 3 is 2.42 bits per heavy atom. The second kappa shape index (κ2) is 10.9. The van der Waals surface area contributed by atoms with E-state index in [9.17, 15) is 18.8 Å². The van der Waals surface area contributed by atoms with Crippen LogP contribution in [0.3, 0.4) is 0 Å². The number of aryl methyl sites for hydroxylation is 1. The van der Waals surface area contributed by atoms with E-state index in [0.29, 0.717) is 16.5 Å². The van der Waals surface area contributed by atoms with E-state index in [1.54, 1.807) is 44.6 Å². The van der Waals surface area contributed by atoms with Gasteiger partial charge in [0.15, 0.2) is 5.82 Å². The Morgan fingerprint density at radius 2 is 1.78 bits per heavy atom. The molecular formula is C25H29ClFN5O4. The van der Waals surface area contributed by atoms with E-state index in [4.69, 9.17) is 16.3 Å². The van der Waals surface area contributed by atoms with Gasteiger partial charge in [-0.2, -0.15) is 4.68 Å². The maximum absolute atomic E-state index is 13.1. The number of carbonyl (C=O) groups is 2. The minimum absolute atomic E-state index is 0.0206. The molecule has 0 unspecified atom stereocenters. The van der Waals surface area contributed by atoms with Gasteiger partial charge in [-0.1, -0.05) is 31.5 Å². The molecule has 3 rings (SSSR count). The van der Waals surface area contributed by atoms with Gasteiger partial charge in [0.25, 0.3) is 5.56 Å². The summed E-state index contributed by atoms with van der Waals surface area (Å²) in [6, 6.07) is 9.77. The highest BCUT2D eigenvalue weighted by Crippen LogP contribution is 2.31. The first-order chi connectivity index (χ1) is 16.9. The molecule has 0 aliphatic carbocycles. The van der Waals surface area contributed by atoms with Crippen molar-refractivity contribution in [2.75, 3.05) is 17.5 Å². The minimum atomic E-state index is -1.06. The monoisotopic (exact) mass is 517 g/mol. The van der Waals surface area contributed by atoms with Crippen molar-refractivity contribution < 1.29 is 18.7 Å². The van der Waals surface area contributed by atoms with Crippen molar-refractivity contribution in [1.82, 2.24) is 14.3 Å². The van der Waals surface area contributed by atoms with E-state index in [-0.39, 0.29) is 30.0 Å². The van der Waals surface area contributed by atoms with Crippen LogP contribution in [0.2, 0.25) is 5.02 Å². The SMILES string of the molecule is Cc1cccc(-n2c(=O)c(NC(=O)CC(C)(C)CC(=O)Nc3cc(Cl)ccc3OCF)c(C)n2C)n1. The first-order valence-corrected chi connectivity index (χ1v) is 11.6. The smallest absolute Gasteiger partial charge is 0.296 e. The van der Waals surface area contributed by atoms with Crippen LogP contribution in [0.4, 0.5) is 15.8 Å². The number of ether oxygens (including phenoxy) is 1. The van der Waals surface area contributed by atoms with Crippen LogP contribution in [0.1, 0.15) is 38.1 Å². The quantitative estimate of drug-likeness (QED) is 0.433. The topological polar surface area (TPSA) is 107 Å². The van der Waals surface area contributed by atoms with Gasteiger partial charge in [-0.15, -0.1) is 0 Å². The number of hydrogen-bond donors (Lipinski definition) is 2. The van der Waals surface area contributed by atoms with Gasteiger partial charge in [0.1, 0.15) is 11.4 Å². The molecule has 11 heteroatoms. The second-order valence-electron chi connectivity index (χ2n) is 9.25. The highest BCUT2D eigenvalue weighted by Gasteiger charge is 2.27. The molecule has 2 N–H and O–H groups in total. The number of carbonyl (C=O) groups excluding carboxylic acids is 2. The Balaban J connectivity index is 1.71. The Bertz CT molecular complexity index is 1350. The van der Waals surface area contributed by atoms with E-state index in [1.165, 1.54) is 22.9 Å². The minimum Gasteiger partial charge on any atom is -0.461 e. The molecule has 0 saturated heterocycles. The molecule has 36 heavy (non-hydrogen) atoms. The predicted octanol–water partition coefficient (Wildman–Crippen LogP) is 4.53. The summed E-state index contributed by atoms with van der Waals surface area (Å²) in [7, 11) is 1.71. The van der Waals surface area contributed by atoms with Gasteiger partial charge in [0.05, 0.1) is 11.4 Å². The molecule has 3 aromatic rings. The standard InChI is InChI=1S/C25H29ClFN5O4/c1-15-7-6-8-20(28-15)32-24(35)23(16(2)31(32)5)30-22(34)13-25(3,4)12-21(33)29-18-11-17(26)9-10-19(18)36-14-27/h6-11H,12-14H2,1-5H3,(H,29,33)(H,30,34). The van der Waals surface area contributed by atoms with E-state index in [2.05, 4.69) is 15.6 Å². The third-order valence-corrected chi connectivity index (χ3v) is 5.85. The van der Waals surface area contributed by atoms with Gasteiger partial charge < -0.3 is 15.4 Å². The van der Waals surface area contributed by atoms with Gasteiger partial charge in [0.2, 0.25) is 18.7 Å². The van der Waals surface area contributed by atoms with Crippen LogP contribution in [0.5, 0.6) is 5.75 Å². The lowest BCUT2D eigenvalue weighted by atomic mass is 9.85. The normalized spacial score (nSPS) is 11.3. The number of halogens is 2. The summed E-state index contributed by atoms with van der Waals surface area (Å²) in [5.74, 6) is -0.223. The molecule has 2 heterocycles. The van der Waals surface area contributed by atoms with E-state index < -0.39 is 29.6 Å². The van der Waals surface area contributed by atoms with Crippen molar-refractivity contribution >= 4 is 34.8 Å². The Hall–Kier alpha value is -3.66. The van der Waals surface area contributed by atoms with Gasteiger partial charge >= 0.3 is 0 Å². The van der Waals surface area contributed by atoms with E-state index >= 15 is 0 Å². The van der Waals surface area contributed by atoms with Crippen LogP contribution in [0.15, 0.2) is 41.2 Å². The Kier molecular flexibility index (Phi) is 8.19. The molecule has 0 atom stereocenters. The molecule has 2 aromatic heterocycles. The van der Waals surface area contributed by atoms with Gasteiger partial charge in [-0.3, -0.25) is 19.1 Å². The molecule has 0 bridgehead atoms. The molecule has 0 saturated carbocycles. The molecule has 9 nitrogen and oxygen atoms in total. The summed E-state index contributed by atoms with van der Waals surface area (Å²) in [6.07, 6.45) is -0.0481. The molecule has 0 fully saturated rings. The zero-order valence-corrected chi connectivity index (χ0v) is 21.6. The lowest BCUT2D eigenvalue weighted by Crippen LogP contribution is -2.29. The molecule has 0 aliphatic rings. The fourth-order valence-corrected chi connectivity index (χ4v) is 4.02. The van der Waals surface area contributed by atoms with Crippen molar-refractivity contribution in [3.8, 4) is 11.6 Å². The van der Waals surface area contributed by atoms with Crippen LogP contribution in [0.25, 0.3) is 5.82 Å². The zero-order valence-electron chi connectivity index (χ0n) is 20.8. The van der Waals surface area contributed by atoms with Gasteiger partial charge in [-0.05, 0) is 49.6 Å². The summed E-state index contributed by atoms with van der Waals surface area (Å²) in [6.45, 7) is 6.01. The number of nitrogens with one attached hydrogen (secondary N) is 2. The molecule has 0 radical (unpaired) electrons. The number of benzene rings is 1. The van der Waals surface area contributed by atoms with Crippen LogP contribution in [-0.4, -0.2) is 33.0 Å². The average molecular weight is 518 g/mol. The highest BCUT2D eigenvalue weighted by atomic mass is 35.5. The lowest BCUT2D eigenvalue weighted by molar-refractivity contribution is -0.120. The predicted molar refractivity (Wildman–Crippen MR) is 137 cm³/mol. The van der Waals surface area contributed by atoms with Gasteiger partial charge in [-0.25, -0.2) is 9.37 Å². The Morgan fingerprint density at radius 1 is 1.11 bits per heavy atom. The number of nitrogens with zero attached hydrogens (tertiary/aromatic N) is 3. The summed E-state index contributed by atoms with van der Waals surface area (Å²) < 4.78 is 20.5. The lowest BCUT2D eigenvalue weighted by Gasteiger charge is -2.23.